The fourth-order valence-electron chi connectivity index (χ4n) is 6.68. The second-order valence-corrected chi connectivity index (χ2v) is 14.4. The number of nitrogens with one attached hydrogen (secondary N) is 1. The van der Waals surface area contributed by atoms with Crippen LogP contribution in [0.1, 0.15) is 36.0 Å². The fourth-order valence-corrected chi connectivity index (χ4v) is 8.41. The number of ether oxygens (including phenoxy) is 1. The summed E-state index contributed by atoms with van der Waals surface area (Å²) in [5.74, 6) is -6.10. The number of rotatable bonds is 8. The van der Waals surface area contributed by atoms with Gasteiger partial charge < -0.3 is 19.9 Å². The molecule has 2 atom stereocenters. The molecule has 3 aromatic rings. The highest BCUT2D eigenvalue weighted by molar-refractivity contribution is 7.86. The quantitative estimate of drug-likeness (QED) is 0.229. The Bertz CT molecular complexity index is 1830. The van der Waals surface area contributed by atoms with Crippen LogP contribution in [0, 0.1) is 23.4 Å². The van der Waals surface area contributed by atoms with E-state index in [1.165, 1.54) is 29.0 Å². The zero-order valence-corrected chi connectivity index (χ0v) is 28.6. The minimum atomic E-state index is -6.19. The van der Waals surface area contributed by atoms with Crippen LogP contribution >= 0.6 is 0 Å². The molecule has 2 aliphatic rings. The Morgan fingerprint density at radius 3 is 1.92 bits per heavy atom. The molecule has 5 rings (SSSR count). The average Bonchev–Trinajstić information content (AvgIpc) is 3.58. The number of hydrogen-bond donors (Lipinski definition) is 1. The maximum absolute atomic E-state index is 14.6. The summed E-state index contributed by atoms with van der Waals surface area (Å²) in [6.45, 7) is -1.86. The molecule has 286 valence electrons. The van der Waals surface area contributed by atoms with E-state index in [1.807, 2.05) is 0 Å². The zero-order valence-electron chi connectivity index (χ0n) is 27.8. The van der Waals surface area contributed by atoms with Crippen molar-refractivity contribution in [1.82, 2.24) is 15.1 Å². The van der Waals surface area contributed by atoms with Crippen LogP contribution in [0.3, 0.4) is 0 Å². The van der Waals surface area contributed by atoms with Gasteiger partial charge in [0.1, 0.15) is 17.5 Å². The van der Waals surface area contributed by atoms with Crippen LogP contribution in [-0.4, -0.2) is 77.3 Å². The summed E-state index contributed by atoms with van der Waals surface area (Å²) >= 11 is 0. The van der Waals surface area contributed by atoms with Gasteiger partial charge >= 0.3 is 24.2 Å². The van der Waals surface area contributed by atoms with Crippen molar-refractivity contribution in [2.75, 3.05) is 33.2 Å². The summed E-state index contributed by atoms with van der Waals surface area (Å²) in [7, 11) is -0.851. The first-order valence-electron chi connectivity index (χ1n) is 16.1. The third-order valence-electron chi connectivity index (χ3n) is 9.59. The molecular weight excluding hydrogens is 745 g/mol. The van der Waals surface area contributed by atoms with Crippen LogP contribution in [-0.2, 0) is 46.9 Å². The Morgan fingerprint density at radius 2 is 1.40 bits per heavy atom. The van der Waals surface area contributed by atoms with Gasteiger partial charge in [0, 0.05) is 55.2 Å². The molecule has 0 bridgehead atoms. The zero-order chi connectivity index (χ0) is 38.9. The van der Waals surface area contributed by atoms with Gasteiger partial charge in [0.25, 0.3) is 5.60 Å². The Kier molecular flexibility index (Phi) is 11.3. The van der Waals surface area contributed by atoms with Gasteiger partial charge in [-0.1, -0.05) is 30.3 Å². The van der Waals surface area contributed by atoms with E-state index in [2.05, 4.69) is 10.1 Å². The van der Waals surface area contributed by atoms with E-state index in [0.717, 1.165) is 30.3 Å². The summed E-state index contributed by atoms with van der Waals surface area (Å²) in [6, 6.07) is 9.36. The minimum absolute atomic E-state index is 0.0106. The topological polar surface area (TPSA) is 96.0 Å². The van der Waals surface area contributed by atoms with E-state index in [0.29, 0.717) is 24.3 Å². The molecule has 18 heteroatoms. The molecule has 0 aliphatic carbocycles. The predicted octanol–water partition coefficient (Wildman–Crippen LogP) is 5.86. The van der Waals surface area contributed by atoms with Crippen molar-refractivity contribution in [2.24, 2.45) is 5.92 Å². The Morgan fingerprint density at radius 1 is 0.830 bits per heavy atom. The largest absolute Gasteiger partial charge is 0.430 e. The number of piperidine rings is 1. The molecule has 0 radical (unpaired) electrons. The number of carbonyl (C=O) groups is 3. The third-order valence-corrected chi connectivity index (χ3v) is 11.6. The molecule has 53 heavy (non-hydrogen) atoms. The van der Waals surface area contributed by atoms with Gasteiger partial charge in [0.05, 0.1) is 22.2 Å². The van der Waals surface area contributed by atoms with Crippen LogP contribution < -0.4 is 5.32 Å². The lowest BCUT2D eigenvalue weighted by molar-refractivity contribution is -0.392. The molecule has 0 aromatic heterocycles. The number of likely N-dealkylation sites (N-methyl/N-ethyl adjacent to an activating group) is 1. The highest BCUT2D eigenvalue weighted by Crippen LogP contribution is 2.54. The predicted molar refractivity (Wildman–Crippen MR) is 170 cm³/mol. The maximum Gasteiger partial charge on any atom is 0.430 e. The molecule has 1 N–H and O–H groups in total. The van der Waals surface area contributed by atoms with E-state index in [1.54, 1.807) is 0 Å². The second kappa shape index (κ2) is 15.1. The average molecular weight is 778 g/mol. The van der Waals surface area contributed by atoms with Crippen molar-refractivity contribution in [3.63, 3.8) is 0 Å². The fraction of sp³-hybridized carbons (Fsp3) is 0.400. The van der Waals surface area contributed by atoms with Crippen molar-refractivity contribution in [3.05, 3.63) is 101 Å². The summed E-state index contributed by atoms with van der Waals surface area (Å²) < 4.78 is 147. The van der Waals surface area contributed by atoms with E-state index in [9.17, 15) is 58.1 Å². The Balaban J connectivity index is 1.49. The van der Waals surface area contributed by atoms with E-state index in [-0.39, 0.29) is 55.9 Å². The van der Waals surface area contributed by atoms with Crippen molar-refractivity contribution in [1.29, 1.82) is 0 Å². The molecular formula is C35H32F9N3O5S. The number of amides is 3. The van der Waals surface area contributed by atoms with Gasteiger partial charge in [-0.15, -0.1) is 0 Å². The summed E-state index contributed by atoms with van der Waals surface area (Å²) in [5.41, 5.74) is -7.70. The molecule has 2 saturated heterocycles. The number of hydrogen-bond acceptors (Lipinski definition) is 5. The highest BCUT2D eigenvalue weighted by Gasteiger charge is 2.73. The molecule has 2 aliphatic heterocycles. The normalized spacial score (nSPS) is 19.3. The maximum atomic E-state index is 14.6. The van der Waals surface area contributed by atoms with Crippen LogP contribution in [0.2, 0.25) is 0 Å². The number of alkyl halides is 6. The van der Waals surface area contributed by atoms with E-state index in [4.69, 9.17) is 0 Å². The molecule has 0 spiro atoms. The van der Waals surface area contributed by atoms with Gasteiger partial charge in [-0.25, -0.2) is 13.2 Å². The van der Waals surface area contributed by atoms with Crippen LogP contribution in [0.15, 0.2) is 71.6 Å². The smallest absolute Gasteiger partial charge is 0.351 e. The molecule has 8 nitrogen and oxygen atoms in total. The minimum Gasteiger partial charge on any atom is -0.351 e. The first kappa shape index (κ1) is 39.8. The molecule has 2 fully saturated rings. The van der Waals surface area contributed by atoms with Gasteiger partial charge in [-0.2, -0.15) is 26.3 Å². The number of nitrogens with zero attached hydrogens (tertiary/aromatic N) is 2. The summed E-state index contributed by atoms with van der Waals surface area (Å²) in [5, 5.41) is 2.24. The first-order chi connectivity index (χ1) is 24.9. The second-order valence-electron chi connectivity index (χ2n) is 12.6. The number of benzene rings is 3. The summed E-state index contributed by atoms with van der Waals surface area (Å²) in [6.07, 6.45) is -12.1. The molecule has 2 heterocycles. The first-order valence-corrected chi connectivity index (χ1v) is 17.3. The van der Waals surface area contributed by atoms with Gasteiger partial charge in [0.2, 0.25) is 5.91 Å². The number of likely N-dealkylation sites (tertiary alicyclic amines) is 2. The standard InChI is InChI=1S/C35H32F9N3O5S/c1-45-29(48)31(50)46-16-13-21(14-17-46)30(49)47-18-15-32(20-47,53(51)25-11-9-24(36)10-12-25)22-5-7-23(8-6-22)33(34(39,40)41,35(42,43)44)52-19-26-27(37)3-2-4-28(26)38/h2-12,21H,13-20H2,1H3,(H,45,48)/t32-,53?/m0/s1. The van der Waals surface area contributed by atoms with Gasteiger partial charge in [-0.3, -0.25) is 18.6 Å². The van der Waals surface area contributed by atoms with E-state index >= 15 is 0 Å². The highest BCUT2D eigenvalue weighted by atomic mass is 32.2. The monoisotopic (exact) mass is 777 g/mol. The lowest BCUT2D eigenvalue weighted by atomic mass is 9.88. The van der Waals surface area contributed by atoms with Gasteiger partial charge in [-0.05, 0) is 61.2 Å². The number of halogens is 9. The van der Waals surface area contributed by atoms with Crippen molar-refractivity contribution in [3.8, 4) is 0 Å². The van der Waals surface area contributed by atoms with Crippen molar-refractivity contribution < 1.29 is 62.8 Å². The van der Waals surface area contributed by atoms with Crippen LogP contribution in [0.25, 0.3) is 0 Å². The van der Waals surface area contributed by atoms with E-state index < -0.39 is 92.3 Å². The molecule has 0 saturated carbocycles. The SMILES string of the molecule is CNC(=O)C(=O)N1CCC(C(=O)N2CC[C@](c3ccc(C(OCc4c(F)cccc4F)(C(F)(F)F)C(F)(F)F)cc3)(S(=O)c3ccc(F)cc3)C2)CC1. The Labute approximate surface area is 299 Å². The van der Waals surface area contributed by atoms with Crippen molar-refractivity contribution in [2.45, 2.75) is 53.5 Å². The Hall–Kier alpha value is -4.45. The third kappa shape index (κ3) is 7.52. The molecule has 1 unspecified atom stereocenters. The number of carbonyl (C=O) groups excluding carboxylic acids is 3. The lowest BCUT2D eigenvalue weighted by Crippen LogP contribution is -2.56. The molecule has 3 amide bonds. The lowest BCUT2D eigenvalue weighted by Gasteiger charge is -2.38. The summed E-state index contributed by atoms with van der Waals surface area (Å²) in [4.78, 5) is 40.5. The van der Waals surface area contributed by atoms with Gasteiger partial charge in [0.15, 0.2) is 0 Å². The van der Waals surface area contributed by atoms with Crippen molar-refractivity contribution >= 4 is 28.5 Å². The molecule has 3 aromatic carbocycles. The van der Waals surface area contributed by atoms with Crippen LogP contribution in [0.5, 0.6) is 0 Å². The van der Waals surface area contributed by atoms with Crippen LogP contribution in [0.4, 0.5) is 39.5 Å².